The van der Waals surface area contributed by atoms with E-state index in [4.69, 9.17) is 4.74 Å². The molecule has 4 aliphatic rings. The Labute approximate surface area is 158 Å². The van der Waals surface area contributed by atoms with Gasteiger partial charge in [-0.25, -0.2) is 0 Å². The Morgan fingerprint density at radius 2 is 2.04 bits per heavy atom. The zero-order chi connectivity index (χ0) is 18.8. The van der Waals surface area contributed by atoms with Gasteiger partial charge in [-0.1, -0.05) is 42.0 Å². The van der Waals surface area contributed by atoms with E-state index >= 15 is 0 Å². The highest BCUT2D eigenvalue weighted by Crippen LogP contribution is 2.52. The van der Waals surface area contributed by atoms with Crippen molar-refractivity contribution >= 4 is 11.8 Å². The minimum absolute atomic E-state index is 0.0217. The summed E-state index contributed by atoms with van der Waals surface area (Å²) in [4.78, 5) is 29.5. The number of aryl methyl sites for hydroxylation is 1. The third-order valence-corrected chi connectivity index (χ3v) is 6.43. The van der Waals surface area contributed by atoms with E-state index in [1.807, 2.05) is 17.1 Å². The molecule has 3 saturated heterocycles. The highest BCUT2D eigenvalue weighted by molar-refractivity contribution is 5.93. The predicted molar refractivity (Wildman–Crippen MR) is 97.8 cm³/mol. The molecule has 5 rings (SSSR count). The Morgan fingerprint density at radius 1 is 1.30 bits per heavy atom. The van der Waals surface area contributed by atoms with Gasteiger partial charge in [0.25, 0.3) is 0 Å². The van der Waals surface area contributed by atoms with Gasteiger partial charge in [0.1, 0.15) is 5.60 Å². The fourth-order valence-corrected chi connectivity index (χ4v) is 4.91. The number of amides is 2. The Bertz CT molecular complexity index is 814. The lowest BCUT2D eigenvalue weighted by Gasteiger charge is -2.39. The number of rotatable bonds is 4. The Balaban J connectivity index is 1.32. The van der Waals surface area contributed by atoms with E-state index in [0.29, 0.717) is 26.2 Å². The van der Waals surface area contributed by atoms with Crippen LogP contribution in [0.2, 0.25) is 0 Å². The van der Waals surface area contributed by atoms with E-state index in [1.54, 1.807) is 4.90 Å². The van der Waals surface area contributed by atoms with Crippen molar-refractivity contribution in [3.8, 4) is 0 Å². The van der Waals surface area contributed by atoms with Crippen molar-refractivity contribution in [3.05, 3.63) is 47.5 Å². The average Bonchev–Trinajstić information content (AvgIpc) is 3.26. The fourth-order valence-electron chi connectivity index (χ4n) is 4.91. The summed E-state index contributed by atoms with van der Waals surface area (Å²) in [6.07, 6.45) is 3.96. The highest BCUT2D eigenvalue weighted by Gasteiger charge is 2.67. The maximum absolute atomic E-state index is 13.1. The van der Waals surface area contributed by atoms with E-state index in [-0.39, 0.29) is 17.9 Å². The smallest absolute Gasteiger partial charge is 0.230 e. The summed E-state index contributed by atoms with van der Waals surface area (Å²) < 4.78 is 6.15. The van der Waals surface area contributed by atoms with Gasteiger partial charge in [-0.05, 0) is 18.9 Å². The van der Waals surface area contributed by atoms with E-state index < -0.39 is 23.5 Å². The van der Waals surface area contributed by atoms with Crippen molar-refractivity contribution in [1.29, 1.82) is 0 Å². The Morgan fingerprint density at radius 3 is 2.74 bits per heavy atom. The monoisotopic (exact) mass is 368 g/mol. The first-order chi connectivity index (χ1) is 13.0. The molecule has 4 aliphatic heterocycles. The molecule has 0 aliphatic carbocycles. The molecule has 6 heteroatoms. The van der Waals surface area contributed by atoms with Gasteiger partial charge in [-0.2, -0.15) is 0 Å². The van der Waals surface area contributed by atoms with Crippen LogP contribution < -0.4 is 0 Å². The van der Waals surface area contributed by atoms with Gasteiger partial charge in [0.15, 0.2) is 0 Å². The van der Waals surface area contributed by atoms with Crippen molar-refractivity contribution in [1.82, 2.24) is 9.80 Å². The average molecular weight is 368 g/mol. The number of nitrogens with zero attached hydrogens (tertiary/aromatic N) is 2. The Hall–Kier alpha value is -2.18. The molecule has 142 valence electrons. The number of carbonyl (C=O) groups is 2. The molecular formula is C21H24N2O4. The standard InChI is InChI=1S/C21H24N2O4/c1-13-2-4-14(5-3-13)7-9-22-12-21-8-6-16(27-21)17(18(21)20(22)26)19(25)23-10-15(24)11-23/h2-6,8,15-18,24H,7,9-12H2,1H3/t16-,17+,18-,21-/m0/s1. The maximum Gasteiger partial charge on any atom is 0.230 e. The van der Waals surface area contributed by atoms with Crippen LogP contribution >= 0.6 is 0 Å². The van der Waals surface area contributed by atoms with Gasteiger partial charge in [0, 0.05) is 19.6 Å². The summed E-state index contributed by atoms with van der Waals surface area (Å²) in [5.74, 6) is -0.932. The number of aliphatic hydroxyl groups excluding tert-OH is 1. The van der Waals surface area contributed by atoms with Crippen LogP contribution in [0.4, 0.5) is 0 Å². The second kappa shape index (κ2) is 5.91. The molecular weight excluding hydrogens is 344 g/mol. The quantitative estimate of drug-likeness (QED) is 0.787. The molecule has 4 heterocycles. The number of likely N-dealkylation sites (tertiary alicyclic amines) is 2. The van der Waals surface area contributed by atoms with Gasteiger partial charge in [0.2, 0.25) is 11.8 Å². The molecule has 1 spiro atoms. The number of hydrogen-bond acceptors (Lipinski definition) is 4. The molecule has 1 aromatic carbocycles. The van der Waals surface area contributed by atoms with Crippen LogP contribution in [0, 0.1) is 18.8 Å². The van der Waals surface area contributed by atoms with Gasteiger partial charge < -0.3 is 19.6 Å². The Kier molecular flexibility index (Phi) is 3.71. The van der Waals surface area contributed by atoms with Crippen LogP contribution in [0.3, 0.4) is 0 Å². The zero-order valence-electron chi connectivity index (χ0n) is 15.4. The first-order valence-electron chi connectivity index (χ1n) is 9.65. The molecule has 1 aromatic rings. The third kappa shape index (κ3) is 2.54. The predicted octanol–water partition coefficient (Wildman–Crippen LogP) is 0.523. The number of benzene rings is 1. The maximum atomic E-state index is 13.1. The number of hydrogen-bond donors (Lipinski definition) is 1. The summed E-state index contributed by atoms with van der Waals surface area (Å²) in [5.41, 5.74) is 1.77. The molecule has 2 bridgehead atoms. The largest absolute Gasteiger partial charge is 0.389 e. The van der Waals surface area contributed by atoms with E-state index in [2.05, 4.69) is 31.2 Å². The van der Waals surface area contributed by atoms with Crippen LogP contribution in [0.5, 0.6) is 0 Å². The molecule has 3 fully saturated rings. The topological polar surface area (TPSA) is 70.1 Å². The van der Waals surface area contributed by atoms with Crippen molar-refractivity contribution in [3.63, 3.8) is 0 Å². The molecule has 1 N–H and O–H groups in total. The normalized spacial score (nSPS) is 34.3. The van der Waals surface area contributed by atoms with Crippen molar-refractivity contribution < 1.29 is 19.4 Å². The summed E-state index contributed by atoms with van der Waals surface area (Å²) in [5, 5.41) is 9.50. The summed E-state index contributed by atoms with van der Waals surface area (Å²) >= 11 is 0. The molecule has 0 radical (unpaired) electrons. The summed E-state index contributed by atoms with van der Waals surface area (Å²) in [6.45, 7) is 3.92. The molecule has 2 amide bonds. The molecule has 4 atom stereocenters. The third-order valence-electron chi connectivity index (χ3n) is 6.43. The number of β-amino-alcohol motifs (C(OH)–C–C–N with tert-alkyl or cyclic N) is 1. The molecule has 0 unspecified atom stereocenters. The zero-order valence-corrected chi connectivity index (χ0v) is 15.4. The minimum atomic E-state index is -0.654. The first kappa shape index (κ1) is 17.0. The van der Waals surface area contributed by atoms with Gasteiger partial charge in [-0.15, -0.1) is 0 Å². The fraction of sp³-hybridized carbons (Fsp3) is 0.524. The molecule has 0 aromatic heterocycles. The van der Waals surface area contributed by atoms with Crippen LogP contribution in [0.1, 0.15) is 11.1 Å². The first-order valence-corrected chi connectivity index (χ1v) is 9.65. The number of carbonyl (C=O) groups excluding carboxylic acids is 2. The second-order valence-corrected chi connectivity index (χ2v) is 8.29. The highest BCUT2D eigenvalue weighted by atomic mass is 16.5. The SMILES string of the molecule is Cc1ccc(CCN2C[C@]34C=C[C@H](O3)[C@@H](C(=O)N3CC(O)C3)[C@H]4C2=O)cc1. The van der Waals surface area contributed by atoms with E-state index in [0.717, 1.165) is 6.42 Å². The lowest BCUT2D eigenvalue weighted by Crippen LogP contribution is -2.57. The second-order valence-electron chi connectivity index (χ2n) is 8.29. The van der Waals surface area contributed by atoms with Crippen LogP contribution in [0.25, 0.3) is 0 Å². The molecule has 0 saturated carbocycles. The lowest BCUT2D eigenvalue weighted by molar-refractivity contribution is -0.151. The van der Waals surface area contributed by atoms with Crippen molar-refractivity contribution in [2.75, 3.05) is 26.2 Å². The molecule has 6 nitrogen and oxygen atoms in total. The summed E-state index contributed by atoms with van der Waals surface area (Å²) in [6, 6.07) is 8.35. The number of ether oxygens (including phenoxy) is 1. The van der Waals surface area contributed by atoms with Crippen molar-refractivity contribution in [2.45, 2.75) is 31.2 Å². The van der Waals surface area contributed by atoms with E-state index in [1.165, 1.54) is 11.1 Å². The van der Waals surface area contributed by atoms with Gasteiger partial charge >= 0.3 is 0 Å². The molecule has 27 heavy (non-hydrogen) atoms. The van der Waals surface area contributed by atoms with Crippen molar-refractivity contribution in [2.24, 2.45) is 11.8 Å². The lowest BCUT2D eigenvalue weighted by atomic mass is 9.76. The van der Waals surface area contributed by atoms with Crippen LogP contribution in [0.15, 0.2) is 36.4 Å². The van der Waals surface area contributed by atoms with Gasteiger partial charge in [0.05, 0.1) is 30.6 Å². The minimum Gasteiger partial charge on any atom is -0.389 e. The van der Waals surface area contributed by atoms with Crippen LogP contribution in [-0.4, -0.2) is 70.7 Å². The van der Waals surface area contributed by atoms with E-state index in [9.17, 15) is 14.7 Å². The van der Waals surface area contributed by atoms with Crippen LogP contribution in [-0.2, 0) is 20.7 Å². The number of aliphatic hydroxyl groups is 1. The van der Waals surface area contributed by atoms with Gasteiger partial charge in [-0.3, -0.25) is 9.59 Å². The summed E-state index contributed by atoms with van der Waals surface area (Å²) in [7, 11) is 0. The number of fused-ring (bicyclic) bond motifs is 1.